The lowest BCUT2D eigenvalue weighted by atomic mass is 10.2. The van der Waals surface area contributed by atoms with Crippen molar-refractivity contribution in [3.63, 3.8) is 0 Å². The predicted octanol–water partition coefficient (Wildman–Crippen LogP) is 0.969. The molecule has 0 saturated carbocycles. The van der Waals surface area contributed by atoms with Crippen molar-refractivity contribution in [3.05, 3.63) is 35.6 Å². The molecule has 0 unspecified atom stereocenters. The highest BCUT2D eigenvalue weighted by Crippen LogP contribution is 2.14. The zero-order chi connectivity index (χ0) is 13.8. The van der Waals surface area contributed by atoms with E-state index in [2.05, 4.69) is 10.6 Å². The summed E-state index contributed by atoms with van der Waals surface area (Å²) < 4.78 is 12.8. The van der Waals surface area contributed by atoms with Crippen molar-refractivity contribution in [2.24, 2.45) is 0 Å². The zero-order valence-corrected chi connectivity index (χ0v) is 10.6. The molecule has 1 aromatic carbocycles. The molecule has 1 atom stereocenters. The first-order valence-electron chi connectivity index (χ1n) is 6.13. The van der Waals surface area contributed by atoms with Crippen molar-refractivity contribution in [3.8, 4) is 0 Å². The van der Waals surface area contributed by atoms with E-state index in [9.17, 15) is 14.0 Å². The highest BCUT2D eigenvalue weighted by atomic mass is 19.1. The molecule has 0 radical (unpaired) electrons. The summed E-state index contributed by atoms with van der Waals surface area (Å²) in [6.45, 7) is 1.06. The summed E-state index contributed by atoms with van der Waals surface area (Å²) >= 11 is 0. The van der Waals surface area contributed by atoms with Gasteiger partial charge in [0.2, 0.25) is 0 Å². The van der Waals surface area contributed by atoms with Gasteiger partial charge in [0, 0.05) is 31.7 Å². The first-order valence-corrected chi connectivity index (χ1v) is 6.13. The summed E-state index contributed by atoms with van der Waals surface area (Å²) in [6.07, 6.45) is 0.723. The Morgan fingerprint density at radius 1 is 1.32 bits per heavy atom. The van der Waals surface area contributed by atoms with Gasteiger partial charge in [-0.3, -0.25) is 4.79 Å². The Labute approximate surface area is 110 Å². The second-order valence-electron chi connectivity index (χ2n) is 4.47. The number of nitrogens with one attached hydrogen (secondary N) is 2. The normalized spacial score (nSPS) is 18.2. The van der Waals surface area contributed by atoms with Crippen molar-refractivity contribution in [1.29, 1.82) is 0 Å². The van der Waals surface area contributed by atoms with Crippen LogP contribution in [0.3, 0.4) is 0 Å². The molecule has 0 bridgehead atoms. The maximum atomic E-state index is 12.8. The van der Waals surface area contributed by atoms with Gasteiger partial charge in [0.1, 0.15) is 5.82 Å². The molecule has 2 N–H and O–H groups in total. The summed E-state index contributed by atoms with van der Waals surface area (Å²) in [4.78, 5) is 25.0. The summed E-state index contributed by atoms with van der Waals surface area (Å²) in [5, 5.41) is 5.25. The first kappa shape index (κ1) is 13.3. The fourth-order valence-electron chi connectivity index (χ4n) is 2.10. The Hall–Kier alpha value is -2.11. The number of hydrogen-bond acceptors (Lipinski definition) is 2. The van der Waals surface area contributed by atoms with E-state index in [1.165, 1.54) is 24.3 Å². The lowest BCUT2D eigenvalue weighted by molar-refractivity contribution is 0.0789. The molecule has 1 aromatic rings. The van der Waals surface area contributed by atoms with Gasteiger partial charge < -0.3 is 15.5 Å². The molecule has 1 aliphatic heterocycles. The van der Waals surface area contributed by atoms with E-state index < -0.39 is 0 Å². The van der Waals surface area contributed by atoms with Gasteiger partial charge in [0.05, 0.1) is 0 Å². The molecule has 19 heavy (non-hydrogen) atoms. The highest BCUT2D eigenvalue weighted by Gasteiger charge is 2.27. The second kappa shape index (κ2) is 5.69. The number of likely N-dealkylation sites (tertiary alicyclic amines) is 1. The topological polar surface area (TPSA) is 61.4 Å². The monoisotopic (exact) mass is 265 g/mol. The van der Waals surface area contributed by atoms with Crippen molar-refractivity contribution in [2.45, 2.75) is 12.5 Å². The molecule has 0 aromatic heterocycles. The van der Waals surface area contributed by atoms with Gasteiger partial charge in [-0.05, 0) is 30.7 Å². The van der Waals surface area contributed by atoms with Crippen LogP contribution in [-0.4, -0.2) is 43.0 Å². The summed E-state index contributed by atoms with van der Waals surface area (Å²) in [5.41, 5.74) is 0.460. The molecule has 6 heteroatoms. The van der Waals surface area contributed by atoms with Gasteiger partial charge >= 0.3 is 6.03 Å². The average Bonchev–Trinajstić information content (AvgIpc) is 2.87. The smallest absolute Gasteiger partial charge is 0.314 e. The Kier molecular flexibility index (Phi) is 3.99. The number of rotatable bonds is 2. The molecule has 1 fully saturated rings. The third-order valence-electron chi connectivity index (χ3n) is 3.13. The molecule has 1 saturated heterocycles. The molecule has 3 amide bonds. The van der Waals surface area contributed by atoms with Gasteiger partial charge in [-0.1, -0.05) is 0 Å². The van der Waals surface area contributed by atoms with Crippen LogP contribution in [0.2, 0.25) is 0 Å². The first-order chi connectivity index (χ1) is 9.10. The molecule has 0 aliphatic carbocycles. The Balaban J connectivity index is 1.95. The molecular formula is C13H16FN3O2. The van der Waals surface area contributed by atoms with Gasteiger partial charge in [-0.25, -0.2) is 9.18 Å². The van der Waals surface area contributed by atoms with Gasteiger partial charge in [0.25, 0.3) is 5.91 Å². The van der Waals surface area contributed by atoms with E-state index in [0.29, 0.717) is 18.7 Å². The van der Waals surface area contributed by atoms with E-state index in [1.807, 2.05) is 0 Å². The SMILES string of the molecule is CNC(=O)N[C@H]1CCN(C(=O)c2ccc(F)cc2)C1. The fraction of sp³-hybridized carbons (Fsp3) is 0.385. The van der Waals surface area contributed by atoms with Gasteiger partial charge in [0.15, 0.2) is 0 Å². The van der Waals surface area contributed by atoms with Crippen LogP contribution in [0.4, 0.5) is 9.18 Å². The van der Waals surface area contributed by atoms with E-state index >= 15 is 0 Å². The maximum Gasteiger partial charge on any atom is 0.314 e. The van der Waals surface area contributed by atoms with Crippen LogP contribution in [0.15, 0.2) is 24.3 Å². The van der Waals surface area contributed by atoms with Gasteiger partial charge in [-0.15, -0.1) is 0 Å². The van der Waals surface area contributed by atoms with Crippen LogP contribution in [0.1, 0.15) is 16.8 Å². The highest BCUT2D eigenvalue weighted by molar-refractivity contribution is 5.94. The Morgan fingerprint density at radius 2 is 2.00 bits per heavy atom. The summed E-state index contributed by atoms with van der Waals surface area (Å²) in [7, 11) is 1.55. The molecule has 102 valence electrons. The number of urea groups is 1. The van der Waals surface area contributed by atoms with Crippen LogP contribution >= 0.6 is 0 Å². The zero-order valence-electron chi connectivity index (χ0n) is 10.6. The van der Waals surface area contributed by atoms with Crippen LogP contribution in [0.25, 0.3) is 0 Å². The third kappa shape index (κ3) is 3.21. The van der Waals surface area contributed by atoms with Crippen molar-refractivity contribution in [1.82, 2.24) is 15.5 Å². The Morgan fingerprint density at radius 3 is 2.63 bits per heavy atom. The average molecular weight is 265 g/mol. The number of nitrogens with zero attached hydrogens (tertiary/aromatic N) is 1. The van der Waals surface area contributed by atoms with E-state index in [-0.39, 0.29) is 23.8 Å². The van der Waals surface area contributed by atoms with Crippen molar-refractivity contribution < 1.29 is 14.0 Å². The number of benzene rings is 1. The van der Waals surface area contributed by atoms with Crippen molar-refractivity contribution in [2.75, 3.05) is 20.1 Å². The number of carbonyl (C=O) groups excluding carboxylic acids is 2. The van der Waals surface area contributed by atoms with E-state index in [4.69, 9.17) is 0 Å². The molecule has 1 heterocycles. The van der Waals surface area contributed by atoms with Crippen LogP contribution < -0.4 is 10.6 Å². The summed E-state index contributed by atoms with van der Waals surface area (Å²) in [5.74, 6) is -0.502. The lowest BCUT2D eigenvalue weighted by Gasteiger charge is -2.17. The largest absolute Gasteiger partial charge is 0.341 e. The van der Waals surface area contributed by atoms with Crippen LogP contribution in [-0.2, 0) is 0 Å². The lowest BCUT2D eigenvalue weighted by Crippen LogP contribution is -2.42. The minimum absolute atomic E-state index is 0.0376. The summed E-state index contributed by atoms with van der Waals surface area (Å²) in [6, 6.07) is 5.19. The molecule has 0 spiro atoms. The van der Waals surface area contributed by atoms with Crippen LogP contribution in [0.5, 0.6) is 0 Å². The van der Waals surface area contributed by atoms with Crippen molar-refractivity contribution >= 4 is 11.9 Å². The third-order valence-corrected chi connectivity index (χ3v) is 3.13. The number of halogens is 1. The number of hydrogen-bond donors (Lipinski definition) is 2. The molecule has 2 rings (SSSR count). The van der Waals surface area contributed by atoms with Gasteiger partial charge in [-0.2, -0.15) is 0 Å². The van der Waals surface area contributed by atoms with E-state index in [0.717, 1.165) is 6.42 Å². The molecule has 1 aliphatic rings. The molecule has 5 nitrogen and oxygen atoms in total. The van der Waals surface area contributed by atoms with E-state index in [1.54, 1.807) is 11.9 Å². The minimum atomic E-state index is -0.364. The standard InChI is InChI=1S/C13H16FN3O2/c1-15-13(19)16-11-6-7-17(8-11)12(18)9-2-4-10(14)5-3-9/h2-5,11H,6-8H2,1H3,(H2,15,16,19)/t11-/m0/s1. The quantitative estimate of drug-likeness (QED) is 0.837. The van der Waals surface area contributed by atoms with Crippen LogP contribution in [0, 0.1) is 5.82 Å². The second-order valence-corrected chi connectivity index (χ2v) is 4.47. The molecular weight excluding hydrogens is 249 g/mol. The number of amides is 3. The predicted molar refractivity (Wildman–Crippen MR) is 68.3 cm³/mol. The minimum Gasteiger partial charge on any atom is -0.341 e. The Bertz CT molecular complexity index is 475. The number of carbonyl (C=O) groups is 2. The fourth-order valence-corrected chi connectivity index (χ4v) is 2.10. The maximum absolute atomic E-state index is 12.8.